The van der Waals surface area contributed by atoms with E-state index in [1.807, 2.05) is 36.4 Å². The van der Waals surface area contributed by atoms with Crippen molar-refractivity contribution in [2.75, 3.05) is 18.6 Å². The van der Waals surface area contributed by atoms with Crippen LogP contribution in [0, 0.1) is 0 Å². The largest absolute Gasteiger partial charge is 0.503 e. The summed E-state index contributed by atoms with van der Waals surface area (Å²) in [5.74, 6) is -0.482. The van der Waals surface area contributed by atoms with E-state index >= 15 is 0 Å². The summed E-state index contributed by atoms with van der Waals surface area (Å²) in [6.45, 7) is 4.00. The Labute approximate surface area is 223 Å². The third-order valence-electron chi connectivity index (χ3n) is 6.05. The van der Waals surface area contributed by atoms with Crippen LogP contribution in [0.2, 0.25) is 0 Å². The number of aromatic nitrogens is 1. The Hall–Kier alpha value is -4.69. The van der Waals surface area contributed by atoms with Gasteiger partial charge in [0.2, 0.25) is 0 Å². The Morgan fingerprint density at radius 3 is 2.55 bits per heavy atom. The molecule has 7 nitrogen and oxygen atoms in total. The maximum absolute atomic E-state index is 13.4. The highest BCUT2D eigenvalue weighted by molar-refractivity contribution is 7.22. The topological polar surface area (TPSA) is 89.0 Å². The maximum atomic E-state index is 13.4. The van der Waals surface area contributed by atoms with Gasteiger partial charge in [0.05, 0.1) is 28.9 Å². The average Bonchev–Trinajstić information content (AvgIpc) is 3.48. The Morgan fingerprint density at radius 2 is 1.84 bits per heavy atom. The van der Waals surface area contributed by atoms with Crippen LogP contribution in [-0.2, 0) is 9.59 Å². The Kier molecular flexibility index (Phi) is 7.06. The molecule has 1 aromatic heterocycles. The summed E-state index contributed by atoms with van der Waals surface area (Å²) in [5.41, 5.74) is 2.11. The fourth-order valence-corrected chi connectivity index (χ4v) is 5.24. The number of aliphatic hydroxyl groups excluding tert-OH is 1. The molecule has 0 bridgehead atoms. The fraction of sp³-hybridized carbons (Fsp3) is 0.100. The van der Waals surface area contributed by atoms with E-state index in [1.165, 1.54) is 22.3 Å². The molecule has 1 atom stereocenters. The van der Waals surface area contributed by atoms with Crippen molar-refractivity contribution < 1.29 is 24.2 Å². The Balaban J connectivity index is 1.57. The molecule has 0 aliphatic carbocycles. The summed E-state index contributed by atoms with van der Waals surface area (Å²) in [6.07, 6.45) is 4.67. The van der Waals surface area contributed by atoms with E-state index in [9.17, 15) is 14.7 Å². The summed E-state index contributed by atoms with van der Waals surface area (Å²) in [4.78, 5) is 32.9. The van der Waals surface area contributed by atoms with Gasteiger partial charge >= 0.3 is 0 Å². The predicted molar refractivity (Wildman–Crippen MR) is 149 cm³/mol. The van der Waals surface area contributed by atoms with Crippen LogP contribution < -0.4 is 14.4 Å². The number of benzene rings is 3. The summed E-state index contributed by atoms with van der Waals surface area (Å²) >= 11 is 1.28. The smallest absolute Gasteiger partial charge is 0.296 e. The highest BCUT2D eigenvalue weighted by atomic mass is 32.1. The molecular weight excluding hydrogens is 500 g/mol. The molecule has 5 rings (SSSR count). The summed E-state index contributed by atoms with van der Waals surface area (Å²) < 4.78 is 11.7. The van der Waals surface area contributed by atoms with E-state index in [-0.39, 0.29) is 5.57 Å². The first-order valence-corrected chi connectivity index (χ1v) is 12.6. The van der Waals surface area contributed by atoms with Crippen LogP contribution in [-0.4, -0.2) is 35.5 Å². The van der Waals surface area contributed by atoms with Gasteiger partial charge in [-0.3, -0.25) is 14.5 Å². The molecule has 0 spiro atoms. The predicted octanol–water partition coefficient (Wildman–Crippen LogP) is 6.05. The minimum Gasteiger partial charge on any atom is -0.503 e. The van der Waals surface area contributed by atoms with Crippen LogP contribution in [0.1, 0.15) is 17.2 Å². The normalized spacial score (nSPS) is 15.4. The zero-order chi connectivity index (χ0) is 26.6. The number of amides is 1. The minimum absolute atomic E-state index is 0.0150. The number of methoxy groups -OCH3 is 1. The highest BCUT2D eigenvalue weighted by Crippen LogP contribution is 2.44. The van der Waals surface area contributed by atoms with Crippen LogP contribution in [0.5, 0.6) is 11.5 Å². The third-order valence-corrected chi connectivity index (χ3v) is 7.07. The van der Waals surface area contributed by atoms with Crippen molar-refractivity contribution >= 4 is 44.5 Å². The van der Waals surface area contributed by atoms with Gasteiger partial charge in [-0.15, -0.1) is 0 Å². The number of rotatable bonds is 9. The first kappa shape index (κ1) is 25.0. The van der Waals surface area contributed by atoms with Crippen LogP contribution in [0.15, 0.2) is 103 Å². The molecule has 190 valence electrons. The number of allylic oxidation sites excluding steroid dienone is 1. The zero-order valence-corrected chi connectivity index (χ0v) is 21.4. The number of carbonyl (C=O) groups is 2. The van der Waals surface area contributed by atoms with E-state index in [0.29, 0.717) is 34.3 Å². The zero-order valence-electron chi connectivity index (χ0n) is 20.5. The van der Waals surface area contributed by atoms with E-state index in [4.69, 9.17) is 9.47 Å². The molecule has 8 heteroatoms. The third kappa shape index (κ3) is 4.81. The quantitative estimate of drug-likeness (QED) is 0.212. The van der Waals surface area contributed by atoms with Crippen LogP contribution in [0.25, 0.3) is 16.3 Å². The standard InChI is InChI=1S/C30H24N2O5S/c1-3-17-37-21-12-10-20(11-13-21)27-26(24(33)16-9-19-7-5-4-6-8-19)28(34)29(35)32(27)30-31-23-15-14-22(36-2)18-25(23)38-30/h3-16,18,27,34H,1,17H2,2H3/b16-9+. The van der Waals surface area contributed by atoms with Crippen molar-refractivity contribution in [3.05, 3.63) is 114 Å². The monoisotopic (exact) mass is 524 g/mol. The first-order valence-electron chi connectivity index (χ1n) is 11.8. The first-order chi connectivity index (χ1) is 18.5. The SMILES string of the molecule is C=CCOc1ccc(C2C(C(=O)/C=C/c3ccccc3)=C(O)C(=O)N2c2nc3ccc(OC)cc3s2)cc1. The number of nitrogens with zero attached hydrogens (tertiary/aromatic N) is 2. The number of hydrogen-bond donors (Lipinski definition) is 1. The van der Waals surface area contributed by atoms with Gasteiger partial charge in [0.1, 0.15) is 18.1 Å². The molecule has 1 aliphatic rings. The summed E-state index contributed by atoms with van der Waals surface area (Å²) in [5, 5.41) is 11.3. The molecule has 0 saturated heterocycles. The van der Waals surface area contributed by atoms with Gasteiger partial charge in [0.15, 0.2) is 16.7 Å². The molecule has 1 amide bonds. The van der Waals surface area contributed by atoms with E-state index < -0.39 is 23.5 Å². The summed E-state index contributed by atoms with van der Waals surface area (Å²) in [7, 11) is 1.58. The minimum atomic E-state index is -0.883. The lowest BCUT2D eigenvalue weighted by molar-refractivity contribution is -0.117. The van der Waals surface area contributed by atoms with Crippen molar-refractivity contribution in [2.24, 2.45) is 0 Å². The molecule has 3 aromatic carbocycles. The fourth-order valence-electron chi connectivity index (χ4n) is 4.22. The molecule has 1 N–H and O–H groups in total. The van der Waals surface area contributed by atoms with Gasteiger partial charge < -0.3 is 14.6 Å². The van der Waals surface area contributed by atoms with E-state index in [1.54, 1.807) is 55.7 Å². The van der Waals surface area contributed by atoms with Crippen molar-refractivity contribution in [2.45, 2.75) is 6.04 Å². The second-order valence-corrected chi connectivity index (χ2v) is 9.46. The van der Waals surface area contributed by atoms with E-state index in [2.05, 4.69) is 11.6 Å². The van der Waals surface area contributed by atoms with Gasteiger partial charge in [-0.25, -0.2) is 4.98 Å². The molecule has 1 aliphatic heterocycles. The number of anilines is 1. The van der Waals surface area contributed by atoms with Gasteiger partial charge in [-0.2, -0.15) is 0 Å². The van der Waals surface area contributed by atoms with Crippen LogP contribution >= 0.6 is 11.3 Å². The van der Waals surface area contributed by atoms with Crippen molar-refractivity contribution in [3.8, 4) is 11.5 Å². The number of carbonyl (C=O) groups excluding carboxylic acids is 2. The number of fused-ring (bicyclic) bond motifs is 1. The van der Waals surface area contributed by atoms with Crippen molar-refractivity contribution in [3.63, 3.8) is 0 Å². The maximum Gasteiger partial charge on any atom is 0.296 e. The molecule has 2 heterocycles. The summed E-state index contributed by atoms with van der Waals surface area (Å²) in [6, 6.07) is 20.9. The molecular formula is C30H24N2O5S. The number of ketones is 1. The lowest BCUT2D eigenvalue weighted by atomic mass is 9.95. The molecule has 0 saturated carbocycles. The van der Waals surface area contributed by atoms with E-state index in [0.717, 1.165) is 10.3 Å². The number of hydrogen-bond acceptors (Lipinski definition) is 7. The Morgan fingerprint density at radius 1 is 1.11 bits per heavy atom. The van der Waals surface area contributed by atoms with Crippen molar-refractivity contribution in [1.82, 2.24) is 4.98 Å². The van der Waals surface area contributed by atoms with Gasteiger partial charge in [0.25, 0.3) is 5.91 Å². The number of aliphatic hydroxyl groups is 1. The highest BCUT2D eigenvalue weighted by Gasteiger charge is 2.45. The lowest BCUT2D eigenvalue weighted by Crippen LogP contribution is -2.30. The molecule has 38 heavy (non-hydrogen) atoms. The van der Waals surface area contributed by atoms with Gasteiger partial charge in [-0.1, -0.05) is 72.5 Å². The lowest BCUT2D eigenvalue weighted by Gasteiger charge is -2.24. The Bertz CT molecular complexity index is 1570. The second kappa shape index (κ2) is 10.7. The van der Waals surface area contributed by atoms with Crippen LogP contribution in [0.3, 0.4) is 0 Å². The molecule has 1 unspecified atom stereocenters. The average molecular weight is 525 g/mol. The molecule has 0 radical (unpaired) electrons. The molecule has 0 fully saturated rings. The molecule has 4 aromatic rings. The number of thiazole rings is 1. The van der Waals surface area contributed by atoms with Gasteiger partial charge in [0, 0.05) is 0 Å². The second-order valence-electron chi connectivity index (χ2n) is 8.45. The van der Waals surface area contributed by atoms with Crippen molar-refractivity contribution in [1.29, 1.82) is 0 Å². The van der Waals surface area contributed by atoms with Crippen LogP contribution in [0.4, 0.5) is 5.13 Å². The number of ether oxygens (including phenoxy) is 2. The van der Waals surface area contributed by atoms with Gasteiger partial charge in [-0.05, 0) is 47.5 Å².